The first kappa shape index (κ1) is 47.2. The zero-order chi connectivity index (χ0) is 51.1. The third-order valence-corrected chi connectivity index (χ3v) is 17.6. The summed E-state index contributed by atoms with van der Waals surface area (Å²) < 4.78 is 0. The molecule has 3 nitrogen and oxygen atoms in total. The number of rotatable bonds is 6. The first-order valence-corrected chi connectivity index (χ1v) is 27.0. The van der Waals surface area contributed by atoms with E-state index in [1.807, 2.05) is 0 Å². The van der Waals surface area contributed by atoms with Crippen molar-refractivity contribution in [1.82, 2.24) is 0 Å². The molecule has 12 rings (SSSR count). The van der Waals surface area contributed by atoms with E-state index in [-0.39, 0.29) is 33.8 Å². The summed E-state index contributed by atoms with van der Waals surface area (Å²) in [4.78, 5) is 7.84. The Kier molecular flexibility index (Phi) is 10.6. The van der Waals surface area contributed by atoms with E-state index in [4.69, 9.17) is 0 Å². The van der Waals surface area contributed by atoms with Crippen LogP contribution in [0.4, 0.5) is 51.2 Å². The van der Waals surface area contributed by atoms with Crippen LogP contribution in [0.15, 0.2) is 164 Å². The Bertz CT molecular complexity index is 3460. The SMILES string of the molecule is Cc1cc(-c2ccccc2)ccc1N1c2ccc(C(C)(C)C)cc2B2c3cc4c(cc3N(c3cc5c(cc3C)C(C)(C)CCC5(C)C)c3cc(N(c5ccccc5)c5ccccc5)cc1c32)C(C)(C)CC4(C)C. The molecular formula is C69H72BN3. The van der Waals surface area contributed by atoms with E-state index in [1.165, 1.54) is 107 Å². The van der Waals surface area contributed by atoms with Gasteiger partial charge in [-0.25, -0.2) is 0 Å². The molecule has 0 aromatic heterocycles. The molecule has 366 valence electrons. The highest BCUT2D eigenvalue weighted by atomic mass is 15.2. The maximum Gasteiger partial charge on any atom is 0.252 e. The first-order valence-electron chi connectivity index (χ1n) is 27.0. The van der Waals surface area contributed by atoms with Crippen LogP contribution in [-0.2, 0) is 27.1 Å². The van der Waals surface area contributed by atoms with Crippen LogP contribution >= 0.6 is 0 Å². The van der Waals surface area contributed by atoms with Gasteiger partial charge in [0.2, 0.25) is 0 Å². The highest BCUT2D eigenvalue weighted by Gasteiger charge is 2.49. The van der Waals surface area contributed by atoms with Gasteiger partial charge in [-0.2, -0.15) is 0 Å². The van der Waals surface area contributed by atoms with E-state index in [9.17, 15) is 0 Å². The van der Waals surface area contributed by atoms with Crippen LogP contribution in [0.1, 0.15) is 134 Å². The average molecular weight is 954 g/mol. The Labute approximate surface area is 437 Å². The van der Waals surface area contributed by atoms with Gasteiger partial charge in [-0.3, -0.25) is 0 Å². The molecule has 8 aromatic rings. The lowest BCUT2D eigenvalue weighted by atomic mass is 9.33. The molecule has 0 saturated carbocycles. The quantitative estimate of drug-likeness (QED) is 0.154. The Morgan fingerprint density at radius 2 is 0.890 bits per heavy atom. The van der Waals surface area contributed by atoms with Crippen LogP contribution in [0, 0.1) is 13.8 Å². The van der Waals surface area contributed by atoms with Gasteiger partial charge in [-0.1, -0.05) is 173 Å². The van der Waals surface area contributed by atoms with Gasteiger partial charge in [-0.15, -0.1) is 0 Å². The molecule has 73 heavy (non-hydrogen) atoms. The second-order valence-corrected chi connectivity index (χ2v) is 25.8. The van der Waals surface area contributed by atoms with Crippen molar-refractivity contribution >= 4 is 74.3 Å². The molecule has 0 saturated heterocycles. The molecule has 0 atom stereocenters. The third-order valence-electron chi connectivity index (χ3n) is 17.6. The largest absolute Gasteiger partial charge is 0.311 e. The molecule has 2 aliphatic carbocycles. The van der Waals surface area contributed by atoms with E-state index in [1.54, 1.807) is 0 Å². The Balaban J connectivity index is 1.24. The van der Waals surface area contributed by atoms with Crippen LogP contribution in [0.5, 0.6) is 0 Å². The van der Waals surface area contributed by atoms with Gasteiger partial charge in [0.25, 0.3) is 6.71 Å². The van der Waals surface area contributed by atoms with Gasteiger partial charge in [0, 0.05) is 45.5 Å². The van der Waals surface area contributed by atoms with Crippen LogP contribution in [-0.4, -0.2) is 6.71 Å². The molecule has 0 N–H and O–H groups in total. The normalized spacial score (nSPS) is 17.3. The van der Waals surface area contributed by atoms with Crippen molar-refractivity contribution in [3.8, 4) is 11.1 Å². The number of benzene rings is 8. The molecule has 4 aliphatic rings. The summed E-state index contributed by atoms with van der Waals surface area (Å²) in [6, 6.07) is 62.9. The average Bonchev–Trinajstić information content (AvgIpc) is 3.55. The van der Waals surface area contributed by atoms with Crippen LogP contribution in [0.3, 0.4) is 0 Å². The predicted octanol–water partition coefficient (Wildman–Crippen LogP) is 17.1. The minimum atomic E-state index is -0.0553. The minimum absolute atomic E-state index is 0.00522. The number of para-hydroxylation sites is 2. The predicted molar refractivity (Wildman–Crippen MR) is 315 cm³/mol. The van der Waals surface area contributed by atoms with E-state index in [0.717, 1.165) is 29.9 Å². The topological polar surface area (TPSA) is 9.72 Å². The lowest BCUT2D eigenvalue weighted by Crippen LogP contribution is -2.62. The Morgan fingerprint density at radius 1 is 0.411 bits per heavy atom. The van der Waals surface area contributed by atoms with E-state index >= 15 is 0 Å². The fourth-order valence-corrected chi connectivity index (χ4v) is 13.8. The van der Waals surface area contributed by atoms with Gasteiger partial charge >= 0.3 is 0 Å². The van der Waals surface area contributed by atoms with E-state index < -0.39 is 0 Å². The molecule has 4 heteroatoms. The maximum absolute atomic E-state index is 2.74. The summed E-state index contributed by atoms with van der Waals surface area (Å²) in [5.41, 5.74) is 27.3. The molecule has 2 heterocycles. The standard InChI is InChI=1S/C69H72BN3/c1-44-35-47(46-23-17-14-18-24-46)29-31-58(44)72-59-32-30-48(65(3,4)5)37-56(59)70-57-40-53-55(69(12,13)43-68(53,10)11)42-61(57)73(60-41-54-52(36-45(60)2)66(6,7)33-34-67(54,8)9)63-39-51(38-62(72)64(63)70)71(49-25-19-15-20-26-49)50-27-21-16-22-28-50/h14-32,35-42H,33-34,43H2,1-13H3. The second kappa shape index (κ2) is 16.4. The number of fused-ring (bicyclic) bond motifs is 6. The van der Waals surface area contributed by atoms with Crippen LogP contribution < -0.4 is 31.1 Å². The summed E-state index contributed by atoms with van der Waals surface area (Å²) in [5, 5.41) is 0. The van der Waals surface area contributed by atoms with Crippen molar-refractivity contribution < 1.29 is 0 Å². The summed E-state index contributed by atoms with van der Waals surface area (Å²) in [7, 11) is 0. The van der Waals surface area contributed by atoms with Crippen molar-refractivity contribution in [1.29, 1.82) is 0 Å². The number of hydrogen-bond acceptors (Lipinski definition) is 3. The number of hydrogen-bond donors (Lipinski definition) is 0. The second-order valence-electron chi connectivity index (χ2n) is 25.8. The van der Waals surface area contributed by atoms with E-state index in [0.29, 0.717) is 0 Å². The van der Waals surface area contributed by atoms with E-state index in [2.05, 4.69) is 269 Å². The molecule has 2 aliphatic heterocycles. The van der Waals surface area contributed by atoms with Crippen molar-refractivity contribution in [2.75, 3.05) is 14.7 Å². The summed E-state index contributed by atoms with van der Waals surface area (Å²) in [6.07, 6.45) is 3.44. The van der Waals surface area contributed by atoms with Crippen LogP contribution in [0.25, 0.3) is 11.1 Å². The first-order chi connectivity index (χ1) is 34.6. The molecule has 0 spiro atoms. The molecule has 0 unspecified atom stereocenters. The summed E-state index contributed by atoms with van der Waals surface area (Å²) >= 11 is 0. The molecule has 8 aromatic carbocycles. The lowest BCUT2D eigenvalue weighted by molar-refractivity contribution is 0.332. The third kappa shape index (κ3) is 7.52. The smallest absolute Gasteiger partial charge is 0.252 e. The zero-order valence-corrected chi connectivity index (χ0v) is 45.6. The summed E-state index contributed by atoms with van der Waals surface area (Å²) in [5.74, 6) is 0. The molecule has 0 fully saturated rings. The molecule has 0 bridgehead atoms. The van der Waals surface area contributed by atoms with Crippen molar-refractivity contribution in [2.45, 2.75) is 136 Å². The molecular weight excluding hydrogens is 882 g/mol. The number of aryl methyl sites for hydroxylation is 2. The van der Waals surface area contributed by atoms with Crippen molar-refractivity contribution in [3.05, 3.63) is 203 Å². The Morgan fingerprint density at radius 3 is 1.47 bits per heavy atom. The number of nitrogens with zero attached hydrogens (tertiary/aromatic N) is 3. The van der Waals surface area contributed by atoms with Crippen molar-refractivity contribution in [3.63, 3.8) is 0 Å². The highest BCUT2D eigenvalue weighted by molar-refractivity contribution is 7.00. The van der Waals surface area contributed by atoms with Crippen molar-refractivity contribution in [2.24, 2.45) is 0 Å². The minimum Gasteiger partial charge on any atom is -0.311 e. The lowest BCUT2D eigenvalue weighted by Gasteiger charge is -2.47. The molecule has 0 radical (unpaired) electrons. The fourth-order valence-electron chi connectivity index (χ4n) is 13.8. The summed E-state index contributed by atoms with van der Waals surface area (Å²) in [6.45, 7) is 31.6. The van der Waals surface area contributed by atoms with Gasteiger partial charge in [0.15, 0.2) is 0 Å². The number of anilines is 9. The van der Waals surface area contributed by atoms with Gasteiger partial charge < -0.3 is 14.7 Å². The highest BCUT2D eigenvalue weighted by Crippen LogP contribution is 2.56. The maximum atomic E-state index is 2.74. The zero-order valence-electron chi connectivity index (χ0n) is 45.6. The van der Waals surface area contributed by atoms with Gasteiger partial charge in [-0.05, 0) is 193 Å². The molecule has 0 amide bonds. The monoisotopic (exact) mass is 954 g/mol. The van der Waals surface area contributed by atoms with Gasteiger partial charge in [0.05, 0.1) is 5.69 Å². The fraction of sp³-hybridized carbons (Fsp3) is 0.304. The van der Waals surface area contributed by atoms with Gasteiger partial charge in [0.1, 0.15) is 0 Å². The van der Waals surface area contributed by atoms with Crippen LogP contribution in [0.2, 0.25) is 0 Å². The Hall–Kier alpha value is -6.78.